The predicted octanol–water partition coefficient (Wildman–Crippen LogP) is 3.22. The minimum atomic E-state index is -1.09. The van der Waals surface area contributed by atoms with Crippen LogP contribution in [0, 0.1) is 0 Å². The number of amides is 2. The quantitative estimate of drug-likeness (QED) is 0.486. The predicted molar refractivity (Wildman–Crippen MR) is 121 cm³/mol. The first kappa shape index (κ1) is 22.1. The van der Waals surface area contributed by atoms with E-state index in [9.17, 15) is 14.4 Å². The van der Waals surface area contributed by atoms with Gasteiger partial charge in [0.25, 0.3) is 0 Å². The monoisotopic (exact) mass is 448 g/mol. The second kappa shape index (κ2) is 9.56. The third-order valence-electron chi connectivity index (χ3n) is 5.57. The van der Waals surface area contributed by atoms with E-state index in [4.69, 9.17) is 9.84 Å². The number of nitrogens with one attached hydrogen (secondary N) is 2. The summed E-state index contributed by atoms with van der Waals surface area (Å²) in [6, 6.07) is 15.2. The number of carboxylic acid groups (broad SMARTS) is 1. The van der Waals surface area contributed by atoms with Gasteiger partial charge >= 0.3 is 12.1 Å². The Morgan fingerprint density at radius 1 is 1.09 bits per heavy atom. The highest BCUT2D eigenvalue weighted by Gasteiger charge is 2.29. The Morgan fingerprint density at radius 2 is 1.73 bits per heavy atom. The van der Waals surface area contributed by atoms with E-state index in [1.807, 2.05) is 36.4 Å². The van der Waals surface area contributed by atoms with Gasteiger partial charge in [-0.15, -0.1) is 0 Å². The fraction of sp³-hybridized carbons (Fsp3) is 0.250. The molecule has 170 valence electrons. The highest BCUT2D eigenvalue weighted by molar-refractivity contribution is 5.85. The number of anilines is 1. The van der Waals surface area contributed by atoms with E-state index in [-0.39, 0.29) is 25.5 Å². The Bertz CT molecular complexity index is 1140. The second-order valence-corrected chi connectivity index (χ2v) is 7.74. The topological polar surface area (TPSA) is 123 Å². The van der Waals surface area contributed by atoms with Gasteiger partial charge in [0.1, 0.15) is 19.2 Å². The van der Waals surface area contributed by atoms with Crippen LogP contribution in [0.25, 0.3) is 11.1 Å². The molecule has 3 N–H and O–H groups in total. The molecule has 0 aliphatic heterocycles. The summed E-state index contributed by atoms with van der Waals surface area (Å²) in [4.78, 5) is 35.4. The summed E-state index contributed by atoms with van der Waals surface area (Å²) in [5.41, 5.74) is 4.91. The highest BCUT2D eigenvalue weighted by Crippen LogP contribution is 2.44. The van der Waals surface area contributed by atoms with Gasteiger partial charge in [0.15, 0.2) is 0 Å². The molecular formula is C24H24N4O5. The lowest BCUT2D eigenvalue weighted by molar-refractivity contribution is -0.142. The SMILES string of the molecule is CC[C@@H](NC(=O)Cn1cc(NC(=O)OCC2c3ccccc3-c3ccccc32)cn1)C(=O)O. The number of rotatable bonds is 8. The minimum Gasteiger partial charge on any atom is -0.480 e. The summed E-state index contributed by atoms with van der Waals surface area (Å²) < 4.78 is 6.80. The zero-order chi connectivity index (χ0) is 23.4. The van der Waals surface area contributed by atoms with Crippen LogP contribution >= 0.6 is 0 Å². The molecule has 1 atom stereocenters. The number of carbonyl (C=O) groups excluding carboxylic acids is 2. The third kappa shape index (κ3) is 4.87. The highest BCUT2D eigenvalue weighted by atomic mass is 16.5. The van der Waals surface area contributed by atoms with Crippen molar-refractivity contribution >= 4 is 23.7 Å². The van der Waals surface area contributed by atoms with E-state index in [1.165, 1.54) is 17.1 Å². The molecule has 3 aromatic rings. The average Bonchev–Trinajstić information content (AvgIpc) is 3.37. The first-order chi connectivity index (χ1) is 16.0. The number of aromatic nitrogens is 2. The maximum Gasteiger partial charge on any atom is 0.411 e. The summed E-state index contributed by atoms with van der Waals surface area (Å²) in [6.07, 6.45) is 2.51. The van der Waals surface area contributed by atoms with Crippen LogP contribution in [0.5, 0.6) is 0 Å². The van der Waals surface area contributed by atoms with E-state index in [1.54, 1.807) is 6.92 Å². The van der Waals surface area contributed by atoms with E-state index in [0.717, 1.165) is 22.3 Å². The number of hydrogen-bond acceptors (Lipinski definition) is 5. The van der Waals surface area contributed by atoms with Gasteiger partial charge in [-0.1, -0.05) is 55.5 Å². The Labute approximate surface area is 190 Å². The lowest BCUT2D eigenvalue weighted by Gasteiger charge is -2.14. The molecule has 2 aromatic carbocycles. The molecule has 0 unspecified atom stereocenters. The van der Waals surface area contributed by atoms with Crippen molar-refractivity contribution < 1.29 is 24.2 Å². The zero-order valence-electron chi connectivity index (χ0n) is 18.0. The van der Waals surface area contributed by atoms with Crippen LogP contribution in [0.2, 0.25) is 0 Å². The number of carbonyl (C=O) groups is 3. The summed E-state index contributed by atoms with van der Waals surface area (Å²) >= 11 is 0. The summed E-state index contributed by atoms with van der Waals surface area (Å²) in [5.74, 6) is -1.63. The molecule has 2 amide bonds. The number of hydrogen-bond donors (Lipinski definition) is 3. The second-order valence-electron chi connectivity index (χ2n) is 7.74. The van der Waals surface area contributed by atoms with E-state index >= 15 is 0 Å². The normalized spacial score (nSPS) is 13.0. The molecule has 1 heterocycles. The van der Waals surface area contributed by atoms with Crippen molar-refractivity contribution in [3.8, 4) is 11.1 Å². The molecule has 1 aliphatic rings. The van der Waals surface area contributed by atoms with Crippen LogP contribution in [0.4, 0.5) is 10.5 Å². The van der Waals surface area contributed by atoms with E-state index < -0.39 is 24.0 Å². The van der Waals surface area contributed by atoms with Crippen molar-refractivity contribution in [3.05, 3.63) is 72.1 Å². The summed E-state index contributed by atoms with van der Waals surface area (Å²) in [5, 5.41) is 18.1. The van der Waals surface area contributed by atoms with Crippen molar-refractivity contribution in [3.63, 3.8) is 0 Å². The van der Waals surface area contributed by atoms with Gasteiger partial charge in [0.05, 0.1) is 11.9 Å². The number of fused-ring (bicyclic) bond motifs is 3. The van der Waals surface area contributed by atoms with E-state index in [0.29, 0.717) is 5.69 Å². The zero-order valence-corrected chi connectivity index (χ0v) is 18.0. The molecule has 9 nitrogen and oxygen atoms in total. The van der Waals surface area contributed by atoms with Gasteiger partial charge in [-0.2, -0.15) is 5.10 Å². The van der Waals surface area contributed by atoms with Crippen LogP contribution in [0.15, 0.2) is 60.9 Å². The van der Waals surface area contributed by atoms with Crippen molar-refractivity contribution in [1.29, 1.82) is 0 Å². The van der Waals surface area contributed by atoms with Gasteiger partial charge < -0.3 is 15.2 Å². The number of ether oxygens (including phenoxy) is 1. The maximum absolute atomic E-state index is 12.4. The molecule has 0 fully saturated rings. The number of carboxylic acids is 1. The lowest BCUT2D eigenvalue weighted by atomic mass is 9.98. The number of benzene rings is 2. The standard InChI is InChI=1S/C24H24N4O5/c1-2-21(23(30)31)27-22(29)13-28-12-15(11-25-28)26-24(32)33-14-20-18-9-5-3-7-16(18)17-8-4-6-10-19(17)20/h3-12,20-21H,2,13-14H2,1H3,(H,26,32)(H,27,29)(H,30,31)/t21-/m1/s1. The smallest absolute Gasteiger partial charge is 0.411 e. The molecule has 0 bridgehead atoms. The Kier molecular flexibility index (Phi) is 6.39. The average molecular weight is 448 g/mol. The number of aliphatic carboxylic acids is 1. The van der Waals surface area contributed by atoms with Crippen molar-refractivity contribution in [2.45, 2.75) is 31.8 Å². The van der Waals surface area contributed by atoms with Gasteiger partial charge in [-0.3, -0.25) is 14.8 Å². The molecule has 9 heteroatoms. The lowest BCUT2D eigenvalue weighted by Crippen LogP contribution is -2.41. The van der Waals surface area contributed by atoms with Crippen LogP contribution in [-0.4, -0.2) is 45.5 Å². The van der Waals surface area contributed by atoms with Gasteiger partial charge in [-0.25, -0.2) is 9.59 Å². The summed E-state index contributed by atoms with van der Waals surface area (Å²) in [7, 11) is 0. The molecule has 1 aromatic heterocycles. The van der Waals surface area contributed by atoms with Crippen LogP contribution in [0.3, 0.4) is 0 Å². The molecule has 0 radical (unpaired) electrons. The third-order valence-corrected chi connectivity index (χ3v) is 5.57. The molecule has 0 saturated heterocycles. The molecular weight excluding hydrogens is 424 g/mol. The van der Waals surface area contributed by atoms with Gasteiger partial charge in [-0.05, 0) is 28.7 Å². The maximum atomic E-state index is 12.4. The van der Waals surface area contributed by atoms with Crippen LogP contribution in [0.1, 0.15) is 30.4 Å². The Hall–Kier alpha value is -4.14. The molecule has 0 saturated carbocycles. The van der Waals surface area contributed by atoms with Crippen LogP contribution < -0.4 is 10.6 Å². The van der Waals surface area contributed by atoms with Crippen molar-refractivity contribution in [1.82, 2.24) is 15.1 Å². The first-order valence-electron chi connectivity index (χ1n) is 10.6. The Balaban J connectivity index is 1.33. The summed E-state index contributed by atoms with van der Waals surface area (Å²) in [6.45, 7) is 1.68. The van der Waals surface area contributed by atoms with E-state index in [2.05, 4.69) is 27.9 Å². The number of nitrogens with zero attached hydrogens (tertiary/aromatic N) is 2. The first-order valence-corrected chi connectivity index (χ1v) is 10.6. The molecule has 4 rings (SSSR count). The van der Waals surface area contributed by atoms with Crippen molar-refractivity contribution in [2.24, 2.45) is 0 Å². The van der Waals surface area contributed by atoms with Gasteiger partial charge in [0, 0.05) is 12.1 Å². The molecule has 0 spiro atoms. The fourth-order valence-corrected chi connectivity index (χ4v) is 3.99. The fourth-order valence-electron chi connectivity index (χ4n) is 3.99. The molecule has 1 aliphatic carbocycles. The van der Waals surface area contributed by atoms with Crippen LogP contribution in [-0.2, 0) is 20.9 Å². The Morgan fingerprint density at radius 3 is 2.33 bits per heavy atom. The largest absolute Gasteiger partial charge is 0.480 e. The van der Waals surface area contributed by atoms with Gasteiger partial charge in [0.2, 0.25) is 5.91 Å². The molecule has 33 heavy (non-hydrogen) atoms. The van der Waals surface area contributed by atoms with Crippen molar-refractivity contribution in [2.75, 3.05) is 11.9 Å². The minimum absolute atomic E-state index is 0.0460.